The van der Waals surface area contributed by atoms with Gasteiger partial charge in [0.25, 0.3) is 0 Å². The fourth-order valence-corrected chi connectivity index (χ4v) is 18.9. The van der Waals surface area contributed by atoms with E-state index in [0.717, 1.165) is 109 Å². The molecule has 2 N–H and O–H groups in total. The molecule has 1 amide bonds. The minimum atomic E-state index is -0.667. The number of ketones is 1. The summed E-state index contributed by atoms with van der Waals surface area (Å²) in [5, 5.41) is 22.7. The van der Waals surface area contributed by atoms with Crippen LogP contribution in [0, 0.1) is 87.3 Å². The summed E-state index contributed by atoms with van der Waals surface area (Å²) in [5.41, 5.74) is 0.567. The standard InChI is InChI=1S/C28H40O3.C22H37NO3.C7H7BrO.C4H8O.C4H9.CH4.B10.Li/c1-26(30)14-15-27(2)19(17-26)8-9-21-22-10-11-24(28(22,3)13-12-23(21)27)25(29)18-6-5-7-20(16-18)31-4;1-21(25)11-9-15-14(13-21)5-6-17-16(15)10-12-22(2)18(17)7-8-19(22)20(24)23(3)26-4;1-9-7-4-2-3-6(8)5-7;1-2-4-5-3-1;1-4(2)3;;1-7(2)10(8(3)4)9(5)6;/h5-7,16,19,21-24,30H,8-15,17H2,1-4H3;14-19,25H,5-13H2,1-4H3;2-5H,1H3;1-4H2;1-3H3;1H4;;/q;;;;-1;;;+1/t19-,21-,22-,23-,24+,26+,27-,28-;14-,15-,16+,17+,18-,19+,21+,22-;;;;;;/m00....../s1. The molecule has 9 fully saturated rings. The molecule has 9 nitrogen and oxygen atoms in total. The fourth-order valence-electron chi connectivity index (χ4n) is 18.5. The van der Waals surface area contributed by atoms with Gasteiger partial charge in [-0.1, -0.05) is 62.3 Å². The largest absolute Gasteiger partial charge is 1.00 e. The van der Waals surface area contributed by atoms with E-state index >= 15 is 0 Å². The van der Waals surface area contributed by atoms with Crippen LogP contribution in [0.3, 0.4) is 0 Å². The second-order valence-electron chi connectivity index (χ2n) is 29.3. The Kier molecular flexibility index (Phi) is 30.8. The summed E-state index contributed by atoms with van der Waals surface area (Å²) in [6, 6.07) is 15.5. The zero-order valence-corrected chi connectivity index (χ0v) is 57.1. The zero-order valence-electron chi connectivity index (χ0n) is 55.5. The minimum Gasteiger partial charge on any atom is -0.497 e. The molecule has 0 unspecified atom stereocenters. The first-order valence-electron chi connectivity index (χ1n) is 32.6. The van der Waals surface area contributed by atoms with E-state index in [4.69, 9.17) is 65.5 Å². The normalized spacial score (nSPS) is 35.4. The molecule has 12 radical (unpaired) electrons. The zero-order chi connectivity index (χ0) is 62.8. The number of carbonyl (C=O) groups excluding carboxylic acids is 2. The van der Waals surface area contributed by atoms with Crippen molar-refractivity contribution in [2.45, 2.75) is 202 Å². The van der Waals surface area contributed by atoms with Crippen molar-refractivity contribution in [3.8, 4) is 11.5 Å². The van der Waals surface area contributed by atoms with Crippen molar-refractivity contribution in [3.05, 3.63) is 64.5 Å². The number of hydroxylamine groups is 2. The number of hydrogen-bond donors (Lipinski definition) is 2. The summed E-state index contributed by atoms with van der Waals surface area (Å²) in [7, 11) is 38.4. The van der Waals surface area contributed by atoms with E-state index in [2.05, 4.69) is 57.5 Å². The Morgan fingerprint density at radius 3 is 1.64 bits per heavy atom. The predicted molar refractivity (Wildman–Crippen MR) is 369 cm³/mol. The van der Waals surface area contributed by atoms with Crippen LogP contribution >= 0.6 is 15.9 Å². The molecular formula is C66H105B10BrLiNO8. The van der Waals surface area contributed by atoms with Gasteiger partial charge in [0.1, 0.15) is 11.5 Å². The third-order valence-electron chi connectivity index (χ3n) is 22.9. The van der Waals surface area contributed by atoms with Gasteiger partial charge in [-0.15, -0.1) is 0 Å². The molecule has 16 atom stereocenters. The molecule has 0 aromatic heterocycles. The average molecular weight is 1240 g/mol. The van der Waals surface area contributed by atoms with Gasteiger partial charge in [-0.2, -0.15) is 20.8 Å². The van der Waals surface area contributed by atoms with Crippen LogP contribution in [0.15, 0.2) is 53.0 Å². The number of rotatable bonds is 9. The maximum absolute atomic E-state index is 13.6. The number of amides is 1. The van der Waals surface area contributed by atoms with E-state index in [1.807, 2.05) is 62.4 Å². The van der Waals surface area contributed by atoms with Crippen molar-refractivity contribution in [2.75, 3.05) is 41.6 Å². The molecule has 0 spiro atoms. The Bertz CT molecular complexity index is 2400. The first kappa shape index (κ1) is 78.2. The fraction of sp³-hybridized carbons (Fsp3) is 0.773. The van der Waals surface area contributed by atoms with Gasteiger partial charge in [-0.25, -0.2) is 5.06 Å². The maximum atomic E-state index is 13.6. The number of methoxy groups -OCH3 is 2. The van der Waals surface area contributed by atoms with E-state index in [1.54, 1.807) is 28.4 Å². The van der Waals surface area contributed by atoms with Gasteiger partial charge in [-0.05, 0) is 242 Å². The molecular weight excluding hydrogens is 1130 g/mol. The number of aliphatic hydroxyl groups is 2. The Morgan fingerprint density at radius 1 is 0.609 bits per heavy atom. The molecule has 87 heavy (non-hydrogen) atoms. The maximum Gasteiger partial charge on any atom is 1.00 e. The van der Waals surface area contributed by atoms with Crippen LogP contribution in [0.25, 0.3) is 0 Å². The van der Waals surface area contributed by atoms with Crippen LogP contribution in [-0.2, 0) is 14.4 Å². The van der Waals surface area contributed by atoms with Crippen molar-refractivity contribution >= 4 is 99.6 Å². The molecule has 2 aromatic carbocycles. The second kappa shape index (κ2) is 34.2. The number of benzene rings is 2. The van der Waals surface area contributed by atoms with E-state index in [1.165, 1.54) is 101 Å². The molecule has 11 rings (SSSR count). The molecule has 1 heterocycles. The third-order valence-corrected chi connectivity index (χ3v) is 23.4. The minimum absolute atomic E-state index is 0. The smallest absolute Gasteiger partial charge is 0.497 e. The summed E-state index contributed by atoms with van der Waals surface area (Å²) in [6.45, 7) is 19.7. The molecule has 8 aliphatic carbocycles. The molecule has 460 valence electrons. The number of hydrogen-bond acceptors (Lipinski definition) is 8. The van der Waals surface area contributed by atoms with Crippen molar-refractivity contribution < 1.29 is 57.7 Å². The summed E-state index contributed by atoms with van der Waals surface area (Å²) >= 11 is 3.32. The molecule has 21 heteroatoms. The summed E-state index contributed by atoms with van der Waals surface area (Å²) in [6.07, 6.45) is 20.9. The number of halogens is 1. The van der Waals surface area contributed by atoms with Gasteiger partial charge in [0, 0.05) is 114 Å². The Labute approximate surface area is 559 Å². The summed E-state index contributed by atoms with van der Waals surface area (Å²) in [4.78, 5) is 31.7. The number of carbonyl (C=O) groups is 2. The van der Waals surface area contributed by atoms with E-state index in [-0.39, 0.29) is 54.9 Å². The Balaban J connectivity index is 0.000000257. The molecule has 1 saturated heterocycles. The van der Waals surface area contributed by atoms with Gasteiger partial charge in [-0.3, -0.25) is 14.4 Å². The van der Waals surface area contributed by atoms with Crippen molar-refractivity contribution in [2.24, 2.45) is 81.3 Å². The number of nitrogens with zero attached hydrogens (tertiary/aromatic N) is 1. The topological polar surface area (TPSA) is 115 Å². The number of ether oxygens (including phenoxy) is 3. The van der Waals surface area contributed by atoms with Crippen molar-refractivity contribution in [1.82, 2.24) is 5.06 Å². The van der Waals surface area contributed by atoms with Gasteiger partial charge < -0.3 is 30.3 Å². The van der Waals surface area contributed by atoms with Crippen molar-refractivity contribution in [1.29, 1.82) is 0 Å². The van der Waals surface area contributed by atoms with Crippen LogP contribution in [0.4, 0.5) is 0 Å². The van der Waals surface area contributed by atoms with Crippen LogP contribution in [0.2, 0.25) is 0 Å². The third kappa shape index (κ3) is 19.4. The van der Waals surface area contributed by atoms with E-state index in [0.29, 0.717) is 29.0 Å². The Morgan fingerprint density at radius 2 is 1.11 bits per heavy atom. The van der Waals surface area contributed by atoms with Gasteiger partial charge in [0.15, 0.2) is 5.78 Å². The quantitative estimate of drug-likeness (QED) is 0.111. The van der Waals surface area contributed by atoms with E-state index in [9.17, 15) is 19.8 Å². The van der Waals surface area contributed by atoms with E-state index < -0.39 is 36.7 Å². The van der Waals surface area contributed by atoms with Crippen LogP contribution < -0.4 is 28.3 Å². The summed E-state index contributed by atoms with van der Waals surface area (Å²) in [5.74, 6) is 10.6. The second-order valence-corrected chi connectivity index (χ2v) is 30.2. The SMILES string of the molecule is C.C1CCOC1.CON(C)C(=O)[C@H]1CC[C@H]2[C@@H]3CC[C@H]4C[C@](C)(O)CC[C@@H]4[C@H]3CC[C@]12C.COc1cccc(Br)c1.COc1cccc(C(=O)[C@H]2CC[C@H]3[C@@H]4CC[C@H]5C[C@](C)(O)CC[C@]5(C)[C@H]4CC[C@]23C)c1.C[C-](C)C.[B]B([B])B(B([B])[B])B([B])[B].[Li+]. The number of fused-ring (bicyclic) bond motifs is 10. The first-order valence-corrected chi connectivity index (χ1v) is 33.4. The van der Waals surface area contributed by atoms with Gasteiger partial charge >= 0.3 is 18.9 Å². The van der Waals surface area contributed by atoms with Crippen LogP contribution in [-0.4, -0.2) is 152 Å². The first-order chi connectivity index (χ1) is 40.0. The molecule has 8 saturated carbocycles. The molecule has 1 aliphatic heterocycles. The van der Waals surface area contributed by atoms with Gasteiger partial charge in [0.2, 0.25) is 5.91 Å². The molecule has 2 aromatic rings. The monoisotopic (exact) mass is 1240 g/mol. The molecule has 9 aliphatic rings. The van der Waals surface area contributed by atoms with Crippen LogP contribution in [0.5, 0.6) is 11.5 Å². The Hall–Kier alpha value is -1.25. The van der Waals surface area contributed by atoms with Crippen LogP contribution in [0.1, 0.15) is 202 Å². The van der Waals surface area contributed by atoms with Crippen molar-refractivity contribution in [3.63, 3.8) is 0 Å². The molecule has 0 bridgehead atoms. The predicted octanol–water partition coefficient (Wildman–Crippen LogP) is 9.02. The average Bonchev–Trinajstić information content (AvgIpc) is 1.74. The summed E-state index contributed by atoms with van der Waals surface area (Å²) < 4.78 is 16.3. The van der Waals surface area contributed by atoms with Gasteiger partial charge in [0.05, 0.1) is 32.5 Å². The number of Topliss-reactive ketones (excluding diaryl/α,β-unsaturated/α-hetero) is 1.